The van der Waals surface area contributed by atoms with Crippen molar-refractivity contribution in [1.29, 1.82) is 0 Å². The fraction of sp³-hybridized carbons (Fsp3) is 0.821. The molecule has 5 aliphatic carbocycles. The Hall–Kier alpha value is -1.45. The molecule has 0 radical (unpaired) electrons. The molecule has 32 heavy (non-hydrogen) atoms. The van der Waals surface area contributed by atoms with Gasteiger partial charge in [-0.25, -0.2) is 0 Å². The summed E-state index contributed by atoms with van der Waals surface area (Å²) in [4.78, 5) is 11.5. The van der Waals surface area contributed by atoms with Crippen LogP contribution in [0.2, 0.25) is 0 Å². The minimum Gasteiger partial charge on any atom is -0.462 e. The number of carbonyl (C=O) groups excluding carboxylic acids is 1. The van der Waals surface area contributed by atoms with Gasteiger partial charge in [0.2, 0.25) is 0 Å². The van der Waals surface area contributed by atoms with E-state index in [9.17, 15) is 4.79 Å². The molecular formula is C28H40N2O2. The maximum absolute atomic E-state index is 11.5. The lowest BCUT2D eigenvalue weighted by Gasteiger charge is -2.58. The van der Waals surface area contributed by atoms with Crippen LogP contribution in [0.25, 0.3) is 0 Å². The van der Waals surface area contributed by atoms with Crippen molar-refractivity contribution in [3.8, 4) is 0 Å². The lowest BCUT2D eigenvalue weighted by molar-refractivity contribution is -0.148. The second-order valence-electron chi connectivity index (χ2n) is 12.5. The highest BCUT2D eigenvalue weighted by atomic mass is 16.5. The van der Waals surface area contributed by atoms with Gasteiger partial charge in [0.15, 0.2) is 0 Å². The molecule has 174 valence electrons. The average Bonchev–Trinajstić information content (AvgIpc) is 3.30. The van der Waals surface area contributed by atoms with E-state index in [0.29, 0.717) is 22.7 Å². The molecule has 4 fully saturated rings. The molecule has 0 aromatic carbocycles. The zero-order valence-corrected chi connectivity index (χ0v) is 20.4. The molecule has 9 atom stereocenters. The Morgan fingerprint density at radius 2 is 1.94 bits per heavy atom. The molecule has 1 aliphatic heterocycles. The lowest BCUT2D eigenvalue weighted by atomic mass is 9.47. The van der Waals surface area contributed by atoms with E-state index in [0.717, 1.165) is 36.5 Å². The number of ether oxygens (including phenoxy) is 1. The molecular weight excluding hydrogens is 396 g/mol. The van der Waals surface area contributed by atoms with E-state index >= 15 is 0 Å². The number of rotatable bonds is 1. The van der Waals surface area contributed by atoms with E-state index < -0.39 is 0 Å². The molecule has 4 saturated carbocycles. The molecule has 0 amide bonds. The summed E-state index contributed by atoms with van der Waals surface area (Å²) in [6, 6.07) is 0. The van der Waals surface area contributed by atoms with Crippen molar-refractivity contribution in [2.75, 3.05) is 0 Å². The first-order valence-electron chi connectivity index (χ1n) is 13.3. The van der Waals surface area contributed by atoms with E-state index in [2.05, 4.69) is 26.8 Å². The minimum atomic E-state index is -0.127. The molecule has 0 N–H and O–H groups in total. The predicted octanol–water partition coefficient (Wildman–Crippen LogP) is 6.35. The van der Waals surface area contributed by atoms with E-state index in [-0.39, 0.29) is 12.1 Å². The maximum Gasteiger partial charge on any atom is 0.302 e. The topological polar surface area (TPSA) is 51.0 Å². The maximum atomic E-state index is 11.5. The Kier molecular flexibility index (Phi) is 4.80. The molecule has 0 bridgehead atoms. The summed E-state index contributed by atoms with van der Waals surface area (Å²) < 4.78 is 5.63. The average molecular weight is 437 g/mol. The standard InChI is InChI=1S/C28H40N2O2/c1-16-26-22(20-6-5-7-25(20)30-29-16)15-24-21-9-8-18-14-19(32-17(2)31)10-12-27(18,3)23(21)11-13-28(24,26)4/h8,19-24,26H,5-7,9-15H2,1-4H3/t19-,20?,21+,22-,23-,24-,26-,27-,28-/m0/s1. The van der Waals surface area contributed by atoms with Crippen molar-refractivity contribution in [2.45, 2.75) is 98.0 Å². The molecule has 4 nitrogen and oxygen atoms in total. The van der Waals surface area contributed by atoms with Gasteiger partial charge in [0.05, 0.1) is 0 Å². The molecule has 4 heteroatoms. The van der Waals surface area contributed by atoms with Crippen molar-refractivity contribution >= 4 is 17.4 Å². The number of esters is 1. The summed E-state index contributed by atoms with van der Waals surface area (Å²) in [5.74, 6) is 4.33. The van der Waals surface area contributed by atoms with Gasteiger partial charge in [0.25, 0.3) is 0 Å². The van der Waals surface area contributed by atoms with Crippen LogP contribution in [0, 0.1) is 46.3 Å². The van der Waals surface area contributed by atoms with Crippen LogP contribution in [0.1, 0.15) is 91.9 Å². The first-order valence-corrected chi connectivity index (χ1v) is 13.3. The van der Waals surface area contributed by atoms with Gasteiger partial charge in [0.1, 0.15) is 6.10 Å². The van der Waals surface area contributed by atoms with E-state index in [1.807, 2.05) is 0 Å². The second-order valence-corrected chi connectivity index (χ2v) is 12.5. The minimum absolute atomic E-state index is 0.0919. The summed E-state index contributed by atoms with van der Waals surface area (Å²) in [5, 5.41) is 9.56. The van der Waals surface area contributed by atoms with Crippen LogP contribution in [-0.2, 0) is 9.53 Å². The zero-order chi connectivity index (χ0) is 22.3. The lowest BCUT2D eigenvalue weighted by Crippen LogP contribution is -2.51. The molecule has 0 aromatic heterocycles. The van der Waals surface area contributed by atoms with Crippen LogP contribution in [-0.4, -0.2) is 23.5 Å². The number of nitrogens with zero attached hydrogens (tertiary/aromatic N) is 2. The fourth-order valence-electron chi connectivity index (χ4n) is 9.89. The van der Waals surface area contributed by atoms with Crippen LogP contribution in [0.15, 0.2) is 21.9 Å². The Morgan fingerprint density at radius 3 is 2.75 bits per heavy atom. The van der Waals surface area contributed by atoms with Gasteiger partial charge < -0.3 is 4.74 Å². The number of fused-ring (bicyclic) bond motifs is 9. The molecule has 0 saturated heterocycles. The first kappa shape index (κ1) is 21.1. The number of hydrogen-bond acceptors (Lipinski definition) is 4. The summed E-state index contributed by atoms with van der Waals surface area (Å²) in [6.07, 6.45) is 14.9. The van der Waals surface area contributed by atoms with Gasteiger partial charge in [-0.1, -0.05) is 25.5 Å². The van der Waals surface area contributed by atoms with Gasteiger partial charge in [-0.2, -0.15) is 10.2 Å². The summed E-state index contributed by atoms with van der Waals surface area (Å²) in [7, 11) is 0. The van der Waals surface area contributed by atoms with Crippen LogP contribution in [0.4, 0.5) is 0 Å². The zero-order valence-electron chi connectivity index (χ0n) is 20.4. The highest BCUT2D eigenvalue weighted by Gasteiger charge is 2.63. The van der Waals surface area contributed by atoms with E-state index in [4.69, 9.17) is 14.9 Å². The fourth-order valence-corrected chi connectivity index (χ4v) is 9.89. The molecule has 1 unspecified atom stereocenters. The first-order chi connectivity index (χ1) is 15.3. The molecule has 1 heterocycles. The van der Waals surface area contributed by atoms with Gasteiger partial charge in [-0.05, 0) is 99.2 Å². The molecule has 6 rings (SSSR count). The monoisotopic (exact) mass is 436 g/mol. The number of allylic oxidation sites excluding steroid dienone is 1. The Bertz CT molecular complexity index is 918. The van der Waals surface area contributed by atoms with Crippen molar-refractivity contribution in [1.82, 2.24) is 0 Å². The van der Waals surface area contributed by atoms with Crippen molar-refractivity contribution in [3.05, 3.63) is 11.6 Å². The SMILES string of the molecule is CC(=O)O[C@H]1CC[C@@]2(C)C(=CC[C@H]3[C@@H]4C[C@H]5C6CCCC6=NN=C(C)[C@@H]5[C@@]4(C)CC[C@@H]32)C1. The molecule has 6 aliphatic rings. The van der Waals surface area contributed by atoms with Crippen LogP contribution >= 0.6 is 0 Å². The molecule has 0 spiro atoms. The van der Waals surface area contributed by atoms with E-state index in [1.165, 1.54) is 62.8 Å². The Balaban J connectivity index is 1.31. The highest BCUT2D eigenvalue weighted by molar-refractivity contribution is 5.94. The Labute approximate surface area is 193 Å². The smallest absolute Gasteiger partial charge is 0.302 e. The van der Waals surface area contributed by atoms with Crippen molar-refractivity contribution < 1.29 is 9.53 Å². The third kappa shape index (κ3) is 2.89. The van der Waals surface area contributed by atoms with Crippen molar-refractivity contribution in [3.63, 3.8) is 0 Å². The Morgan fingerprint density at radius 1 is 1.09 bits per heavy atom. The van der Waals surface area contributed by atoms with Gasteiger partial charge in [0, 0.05) is 36.6 Å². The molecule has 0 aromatic rings. The third-order valence-corrected chi connectivity index (χ3v) is 11.2. The predicted molar refractivity (Wildman–Crippen MR) is 128 cm³/mol. The number of hydrogen-bond donors (Lipinski definition) is 0. The van der Waals surface area contributed by atoms with Crippen molar-refractivity contribution in [2.24, 2.45) is 56.5 Å². The summed E-state index contributed by atoms with van der Waals surface area (Å²) in [5.41, 5.74) is 5.01. The normalized spacial score (nSPS) is 49.2. The van der Waals surface area contributed by atoms with Gasteiger partial charge in [-0.15, -0.1) is 0 Å². The quantitative estimate of drug-likeness (QED) is 0.355. The van der Waals surface area contributed by atoms with E-state index in [1.54, 1.807) is 12.5 Å². The largest absolute Gasteiger partial charge is 0.462 e. The van der Waals surface area contributed by atoms with Gasteiger partial charge in [-0.3, -0.25) is 4.79 Å². The van der Waals surface area contributed by atoms with Gasteiger partial charge >= 0.3 is 5.97 Å². The third-order valence-electron chi connectivity index (χ3n) is 11.2. The van der Waals surface area contributed by atoms with Crippen LogP contribution < -0.4 is 0 Å². The van der Waals surface area contributed by atoms with Crippen LogP contribution in [0.3, 0.4) is 0 Å². The second kappa shape index (κ2) is 7.27. The summed E-state index contributed by atoms with van der Waals surface area (Å²) >= 11 is 0. The van der Waals surface area contributed by atoms with Crippen LogP contribution in [0.5, 0.6) is 0 Å². The summed E-state index contributed by atoms with van der Waals surface area (Å²) in [6.45, 7) is 8.99. The highest BCUT2D eigenvalue weighted by Crippen LogP contribution is 2.69. The number of carbonyl (C=O) groups is 1.